The van der Waals surface area contributed by atoms with Crippen LogP contribution >= 0.6 is 0 Å². The van der Waals surface area contributed by atoms with Gasteiger partial charge < -0.3 is 4.74 Å². The molecule has 0 saturated carbocycles. The van der Waals surface area contributed by atoms with Crippen molar-refractivity contribution < 1.29 is 4.74 Å². The second-order valence-electron chi connectivity index (χ2n) is 6.30. The highest BCUT2D eigenvalue weighted by Gasteiger charge is 2.01. The summed E-state index contributed by atoms with van der Waals surface area (Å²) in [6.45, 7) is 3.89. The molecule has 0 aliphatic carbocycles. The maximum absolute atomic E-state index is 5.96. The van der Waals surface area contributed by atoms with Crippen LogP contribution in [0.5, 0.6) is 11.5 Å². The van der Waals surface area contributed by atoms with E-state index in [0.29, 0.717) is 0 Å². The van der Waals surface area contributed by atoms with E-state index in [0.717, 1.165) is 24.3 Å². The van der Waals surface area contributed by atoms with Gasteiger partial charge in [-0.25, -0.2) is 0 Å². The summed E-state index contributed by atoms with van der Waals surface area (Å²) in [6.07, 6.45) is 5.88. The molecule has 0 atom stereocenters. The predicted molar refractivity (Wildman–Crippen MR) is 106 cm³/mol. The van der Waals surface area contributed by atoms with Crippen molar-refractivity contribution in [3.63, 3.8) is 0 Å². The van der Waals surface area contributed by atoms with E-state index in [1.165, 1.54) is 36.0 Å². The van der Waals surface area contributed by atoms with Gasteiger partial charge in [-0.3, -0.25) is 0 Å². The van der Waals surface area contributed by atoms with Gasteiger partial charge >= 0.3 is 0 Å². The summed E-state index contributed by atoms with van der Waals surface area (Å²) in [7, 11) is 0. The van der Waals surface area contributed by atoms with Crippen LogP contribution < -0.4 is 4.74 Å². The zero-order valence-corrected chi connectivity index (χ0v) is 14.7. The monoisotopic (exact) mass is 329 g/mol. The molecule has 0 N–H and O–H groups in total. The van der Waals surface area contributed by atoms with E-state index < -0.39 is 0 Å². The van der Waals surface area contributed by atoms with Crippen molar-refractivity contribution in [1.29, 1.82) is 0 Å². The predicted octanol–water partition coefficient (Wildman–Crippen LogP) is 7.08. The molecule has 0 heterocycles. The number of unbranched alkanes of at least 4 members (excludes halogenated alkanes) is 3. The topological polar surface area (TPSA) is 9.23 Å². The molecule has 0 aromatic heterocycles. The summed E-state index contributed by atoms with van der Waals surface area (Å²) in [5.74, 6) is 1.75. The second kappa shape index (κ2) is 9.08. The van der Waals surface area contributed by atoms with Crippen molar-refractivity contribution in [1.82, 2.24) is 0 Å². The summed E-state index contributed by atoms with van der Waals surface area (Å²) < 4.78 is 5.96. The largest absolute Gasteiger partial charge is 0.457 e. The van der Waals surface area contributed by atoms with Gasteiger partial charge in [0.15, 0.2) is 0 Å². The van der Waals surface area contributed by atoms with E-state index in [9.17, 15) is 0 Å². The van der Waals surface area contributed by atoms with Crippen molar-refractivity contribution in [3.05, 3.63) is 91.3 Å². The second-order valence-corrected chi connectivity index (χ2v) is 6.30. The number of hydrogen-bond donors (Lipinski definition) is 0. The van der Waals surface area contributed by atoms with E-state index in [2.05, 4.69) is 67.6 Å². The Balaban J connectivity index is 1.57. The summed E-state index contributed by atoms with van der Waals surface area (Å²) >= 11 is 0. The van der Waals surface area contributed by atoms with Crippen LogP contribution in [0.3, 0.4) is 0 Å². The van der Waals surface area contributed by atoms with Crippen molar-refractivity contribution in [3.8, 4) is 22.6 Å². The normalized spacial score (nSPS) is 10.6. The third-order valence-corrected chi connectivity index (χ3v) is 4.34. The quantitative estimate of drug-likeness (QED) is 0.401. The van der Waals surface area contributed by atoms with Crippen molar-refractivity contribution in [2.75, 3.05) is 0 Å². The molecule has 3 aromatic carbocycles. The van der Waals surface area contributed by atoms with E-state index in [1.54, 1.807) is 0 Å². The molecule has 0 spiro atoms. The van der Waals surface area contributed by atoms with Crippen LogP contribution in [0.2, 0.25) is 0 Å². The minimum absolute atomic E-state index is 0.864. The number of aryl methyl sites for hydroxylation is 1. The fourth-order valence-electron chi connectivity index (χ4n) is 2.89. The SMILES string of the molecule is [CH2]CCCCCc1ccc(Oc2ccc(-c3ccccc3)cc2)cc1. The summed E-state index contributed by atoms with van der Waals surface area (Å²) in [4.78, 5) is 0. The highest BCUT2D eigenvalue weighted by atomic mass is 16.5. The first-order valence-corrected chi connectivity index (χ1v) is 9.07. The number of ether oxygens (including phenoxy) is 1. The van der Waals surface area contributed by atoms with E-state index >= 15 is 0 Å². The lowest BCUT2D eigenvalue weighted by Crippen LogP contribution is -1.88. The van der Waals surface area contributed by atoms with Crippen LogP contribution in [0.4, 0.5) is 0 Å². The van der Waals surface area contributed by atoms with Crippen molar-refractivity contribution >= 4 is 0 Å². The molecule has 3 rings (SSSR count). The van der Waals surface area contributed by atoms with Gasteiger partial charge in [0.05, 0.1) is 0 Å². The molecule has 127 valence electrons. The van der Waals surface area contributed by atoms with Gasteiger partial charge in [0.1, 0.15) is 11.5 Å². The Kier molecular flexibility index (Phi) is 6.28. The van der Waals surface area contributed by atoms with Gasteiger partial charge in [0.2, 0.25) is 0 Å². The average molecular weight is 329 g/mol. The van der Waals surface area contributed by atoms with Crippen LogP contribution in [0.15, 0.2) is 78.9 Å². The Bertz CT molecular complexity index is 742. The smallest absolute Gasteiger partial charge is 0.127 e. The lowest BCUT2D eigenvalue weighted by atomic mass is 10.1. The molecule has 25 heavy (non-hydrogen) atoms. The van der Waals surface area contributed by atoms with Crippen LogP contribution in [-0.2, 0) is 6.42 Å². The molecule has 0 saturated heterocycles. The summed E-state index contributed by atoms with van der Waals surface area (Å²) in [6, 6.07) is 27.1. The van der Waals surface area contributed by atoms with Crippen LogP contribution in [-0.4, -0.2) is 0 Å². The Hall–Kier alpha value is -2.54. The first-order chi connectivity index (χ1) is 12.3. The van der Waals surface area contributed by atoms with Gasteiger partial charge in [0.25, 0.3) is 0 Å². The van der Waals surface area contributed by atoms with Gasteiger partial charge in [0, 0.05) is 0 Å². The molecule has 0 fully saturated rings. The number of rotatable bonds is 8. The van der Waals surface area contributed by atoms with Gasteiger partial charge in [-0.15, -0.1) is 0 Å². The third-order valence-electron chi connectivity index (χ3n) is 4.34. The van der Waals surface area contributed by atoms with Crippen molar-refractivity contribution in [2.24, 2.45) is 0 Å². The zero-order chi connectivity index (χ0) is 17.3. The van der Waals surface area contributed by atoms with Gasteiger partial charge in [-0.1, -0.05) is 80.8 Å². The Morgan fingerprint density at radius 2 is 1.20 bits per heavy atom. The number of hydrogen-bond acceptors (Lipinski definition) is 1. The van der Waals surface area contributed by atoms with Crippen LogP contribution in [0.1, 0.15) is 31.2 Å². The molecular weight excluding hydrogens is 304 g/mol. The lowest BCUT2D eigenvalue weighted by Gasteiger charge is -2.08. The minimum atomic E-state index is 0.864. The maximum atomic E-state index is 5.96. The van der Waals surface area contributed by atoms with E-state index in [1.807, 2.05) is 18.2 Å². The standard InChI is InChI=1S/C24H25O/c1-2-3-4-6-9-20-12-16-23(17-13-20)25-24-18-14-22(15-19-24)21-10-7-5-8-11-21/h5,7-8,10-19H,1-4,6,9H2. The molecule has 1 heteroatoms. The molecule has 0 aliphatic rings. The fraction of sp³-hybridized carbons (Fsp3) is 0.208. The Morgan fingerprint density at radius 1 is 0.600 bits per heavy atom. The van der Waals surface area contributed by atoms with E-state index in [4.69, 9.17) is 4.74 Å². The summed E-state index contributed by atoms with van der Waals surface area (Å²) in [5, 5.41) is 0. The van der Waals surface area contributed by atoms with Crippen LogP contribution in [0, 0.1) is 6.92 Å². The molecule has 0 amide bonds. The molecule has 3 aromatic rings. The Labute approximate surface area is 151 Å². The number of benzene rings is 3. The minimum Gasteiger partial charge on any atom is -0.457 e. The Morgan fingerprint density at radius 3 is 1.84 bits per heavy atom. The molecule has 1 radical (unpaired) electrons. The first-order valence-electron chi connectivity index (χ1n) is 9.07. The highest BCUT2D eigenvalue weighted by Crippen LogP contribution is 2.26. The maximum Gasteiger partial charge on any atom is 0.127 e. The molecule has 0 unspecified atom stereocenters. The average Bonchev–Trinajstić information content (AvgIpc) is 2.68. The highest BCUT2D eigenvalue weighted by molar-refractivity contribution is 5.64. The molecule has 0 aliphatic heterocycles. The lowest BCUT2D eigenvalue weighted by molar-refractivity contribution is 0.482. The third kappa shape index (κ3) is 5.22. The molecule has 1 nitrogen and oxygen atoms in total. The molecular formula is C24H25O. The van der Waals surface area contributed by atoms with E-state index in [-0.39, 0.29) is 0 Å². The first kappa shape index (κ1) is 17.3. The zero-order valence-electron chi connectivity index (χ0n) is 14.7. The summed E-state index contributed by atoms with van der Waals surface area (Å²) in [5.41, 5.74) is 3.79. The van der Waals surface area contributed by atoms with Crippen molar-refractivity contribution in [2.45, 2.75) is 32.1 Å². The van der Waals surface area contributed by atoms with Crippen LogP contribution in [0.25, 0.3) is 11.1 Å². The van der Waals surface area contributed by atoms with Gasteiger partial charge in [-0.2, -0.15) is 0 Å². The fourth-order valence-corrected chi connectivity index (χ4v) is 2.89. The molecule has 0 bridgehead atoms. The van der Waals surface area contributed by atoms with Gasteiger partial charge in [-0.05, 0) is 53.8 Å².